The van der Waals surface area contributed by atoms with Gasteiger partial charge in [0.1, 0.15) is 0 Å². The van der Waals surface area contributed by atoms with Crippen molar-refractivity contribution in [3.8, 4) is 0 Å². The second-order valence-electron chi connectivity index (χ2n) is 5.23. The van der Waals surface area contributed by atoms with Crippen LogP contribution < -0.4 is 0 Å². The minimum atomic E-state index is -0.222. The van der Waals surface area contributed by atoms with E-state index in [2.05, 4.69) is 4.90 Å². The molecule has 1 aliphatic rings. The molecule has 0 radical (unpaired) electrons. The predicted molar refractivity (Wildman–Crippen MR) is 71.6 cm³/mol. The predicted octanol–water partition coefficient (Wildman–Crippen LogP) is 1.96. The SMILES string of the molecule is CC1CN(C(C)C(=O)c2ccccc2)CCC1O. The summed E-state index contributed by atoms with van der Waals surface area (Å²) in [5.41, 5.74) is 0.767. The Kier molecular flexibility index (Phi) is 4.15. The number of Topliss-reactive ketones (excluding diaryl/α,β-unsaturated/α-hetero) is 1. The molecule has 1 aliphatic heterocycles. The van der Waals surface area contributed by atoms with Crippen LogP contribution in [-0.4, -0.2) is 41.0 Å². The van der Waals surface area contributed by atoms with E-state index < -0.39 is 0 Å². The molecule has 3 atom stereocenters. The van der Waals surface area contributed by atoms with E-state index in [4.69, 9.17) is 0 Å². The fourth-order valence-electron chi connectivity index (χ4n) is 2.53. The number of rotatable bonds is 3. The summed E-state index contributed by atoms with van der Waals surface area (Å²) in [4.78, 5) is 14.5. The number of likely N-dealkylation sites (tertiary alicyclic amines) is 1. The van der Waals surface area contributed by atoms with E-state index in [9.17, 15) is 9.90 Å². The average Bonchev–Trinajstić information content (AvgIpc) is 2.41. The van der Waals surface area contributed by atoms with Gasteiger partial charge in [0.05, 0.1) is 12.1 Å². The molecule has 1 aromatic rings. The van der Waals surface area contributed by atoms with E-state index in [-0.39, 0.29) is 23.8 Å². The van der Waals surface area contributed by atoms with Gasteiger partial charge in [-0.1, -0.05) is 37.3 Å². The Hall–Kier alpha value is -1.19. The van der Waals surface area contributed by atoms with Crippen LogP contribution in [0.15, 0.2) is 30.3 Å². The van der Waals surface area contributed by atoms with Gasteiger partial charge in [0.15, 0.2) is 5.78 Å². The van der Waals surface area contributed by atoms with E-state index >= 15 is 0 Å². The van der Waals surface area contributed by atoms with Crippen molar-refractivity contribution < 1.29 is 9.90 Å². The van der Waals surface area contributed by atoms with Crippen LogP contribution in [0.1, 0.15) is 30.6 Å². The molecule has 1 N–H and O–H groups in total. The summed E-state index contributed by atoms with van der Waals surface area (Å²) in [6.07, 6.45) is 0.536. The fourth-order valence-corrected chi connectivity index (χ4v) is 2.53. The lowest BCUT2D eigenvalue weighted by Gasteiger charge is -2.37. The van der Waals surface area contributed by atoms with E-state index in [0.29, 0.717) is 0 Å². The van der Waals surface area contributed by atoms with Crippen LogP contribution in [0.3, 0.4) is 0 Å². The van der Waals surface area contributed by atoms with Gasteiger partial charge < -0.3 is 5.11 Å². The summed E-state index contributed by atoms with van der Waals surface area (Å²) in [5.74, 6) is 0.406. The lowest BCUT2D eigenvalue weighted by Crippen LogP contribution is -2.48. The largest absolute Gasteiger partial charge is 0.393 e. The Balaban J connectivity index is 2.03. The maximum Gasteiger partial charge on any atom is 0.179 e. The number of hydrogen-bond acceptors (Lipinski definition) is 3. The summed E-state index contributed by atoms with van der Waals surface area (Å²) in [7, 11) is 0. The smallest absolute Gasteiger partial charge is 0.179 e. The molecule has 1 fully saturated rings. The van der Waals surface area contributed by atoms with Crippen molar-refractivity contribution in [2.24, 2.45) is 5.92 Å². The van der Waals surface area contributed by atoms with Crippen LogP contribution in [0.4, 0.5) is 0 Å². The first-order chi connectivity index (χ1) is 8.59. The molecule has 0 aliphatic carbocycles. The second kappa shape index (κ2) is 5.63. The zero-order chi connectivity index (χ0) is 13.1. The highest BCUT2D eigenvalue weighted by molar-refractivity contribution is 5.99. The number of carbonyl (C=O) groups excluding carboxylic acids is 1. The molecule has 0 saturated carbocycles. The number of piperidine rings is 1. The summed E-state index contributed by atoms with van der Waals surface area (Å²) < 4.78 is 0. The quantitative estimate of drug-likeness (QED) is 0.830. The molecular formula is C15H21NO2. The Morgan fingerprint density at radius 3 is 2.67 bits per heavy atom. The molecule has 98 valence electrons. The standard InChI is InChI=1S/C15H21NO2/c1-11-10-16(9-8-14(11)17)12(2)15(18)13-6-4-3-5-7-13/h3-7,11-12,14,17H,8-10H2,1-2H3. The molecule has 0 spiro atoms. The third-order valence-corrected chi connectivity index (χ3v) is 3.88. The number of nitrogens with zero attached hydrogens (tertiary/aromatic N) is 1. The first kappa shape index (κ1) is 13.2. The minimum Gasteiger partial charge on any atom is -0.393 e. The van der Waals surface area contributed by atoms with Crippen LogP contribution in [-0.2, 0) is 0 Å². The highest BCUT2D eigenvalue weighted by atomic mass is 16.3. The summed E-state index contributed by atoms with van der Waals surface area (Å²) >= 11 is 0. The van der Waals surface area contributed by atoms with Crippen molar-refractivity contribution in [2.45, 2.75) is 32.4 Å². The zero-order valence-corrected chi connectivity index (χ0v) is 11.0. The van der Waals surface area contributed by atoms with Gasteiger partial charge in [-0.2, -0.15) is 0 Å². The van der Waals surface area contributed by atoms with Crippen molar-refractivity contribution in [3.63, 3.8) is 0 Å². The van der Waals surface area contributed by atoms with Crippen LogP contribution in [0.5, 0.6) is 0 Å². The Morgan fingerprint density at radius 2 is 2.06 bits per heavy atom. The van der Waals surface area contributed by atoms with Gasteiger partial charge in [0.25, 0.3) is 0 Å². The topological polar surface area (TPSA) is 40.5 Å². The van der Waals surface area contributed by atoms with E-state index in [1.54, 1.807) is 0 Å². The lowest BCUT2D eigenvalue weighted by molar-refractivity contribution is 0.0205. The Bertz CT molecular complexity index is 404. The molecule has 3 unspecified atom stereocenters. The molecule has 1 aromatic carbocycles. The highest BCUT2D eigenvalue weighted by Crippen LogP contribution is 2.20. The molecule has 0 aromatic heterocycles. The maximum atomic E-state index is 12.3. The third-order valence-electron chi connectivity index (χ3n) is 3.88. The number of benzene rings is 1. The summed E-state index contributed by atoms with van der Waals surface area (Å²) in [6.45, 7) is 5.59. The van der Waals surface area contributed by atoms with Crippen molar-refractivity contribution in [3.05, 3.63) is 35.9 Å². The number of ketones is 1. The minimum absolute atomic E-state index is 0.109. The first-order valence-electron chi connectivity index (χ1n) is 6.61. The molecule has 0 amide bonds. The second-order valence-corrected chi connectivity index (χ2v) is 5.23. The molecule has 3 nitrogen and oxygen atoms in total. The fraction of sp³-hybridized carbons (Fsp3) is 0.533. The lowest BCUT2D eigenvalue weighted by atomic mass is 9.94. The summed E-state index contributed by atoms with van der Waals surface area (Å²) in [5, 5.41) is 9.72. The number of aliphatic hydroxyl groups is 1. The monoisotopic (exact) mass is 247 g/mol. The average molecular weight is 247 g/mol. The van der Waals surface area contributed by atoms with Gasteiger partial charge in [-0.25, -0.2) is 0 Å². The highest BCUT2D eigenvalue weighted by Gasteiger charge is 2.30. The van der Waals surface area contributed by atoms with Gasteiger partial charge in [-0.3, -0.25) is 9.69 Å². The van der Waals surface area contributed by atoms with Gasteiger partial charge in [-0.05, 0) is 19.3 Å². The van der Waals surface area contributed by atoms with Crippen LogP contribution in [0.2, 0.25) is 0 Å². The van der Waals surface area contributed by atoms with E-state index in [1.165, 1.54) is 0 Å². The molecule has 18 heavy (non-hydrogen) atoms. The first-order valence-corrected chi connectivity index (χ1v) is 6.61. The van der Waals surface area contributed by atoms with Crippen LogP contribution >= 0.6 is 0 Å². The van der Waals surface area contributed by atoms with Crippen LogP contribution in [0.25, 0.3) is 0 Å². The van der Waals surface area contributed by atoms with Gasteiger partial charge in [-0.15, -0.1) is 0 Å². The van der Waals surface area contributed by atoms with E-state index in [0.717, 1.165) is 25.1 Å². The normalized spacial score (nSPS) is 26.8. The molecular weight excluding hydrogens is 226 g/mol. The molecule has 2 rings (SSSR count). The molecule has 1 heterocycles. The van der Waals surface area contributed by atoms with Gasteiger partial charge >= 0.3 is 0 Å². The Morgan fingerprint density at radius 1 is 1.39 bits per heavy atom. The van der Waals surface area contributed by atoms with Crippen LogP contribution in [0, 0.1) is 5.92 Å². The van der Waals surface area contributed by atoms with Crippen molar-refractivity contribution >= 4 is 5.78 Å². The summed E-state index contributed by atoms with van der Waals surface area (Å²) in [6, 6.07) is 9.32. The van der Waals surface area contributed by atoms with Crippen molar-refractivity contribution in [1.29, 1.82) is 0 Å². The van der Waals surface area contributed by atoms with Crippen molar-refractivity contribution in [2.75, 3.05) is 13.1 Å². The van der Waals surface area contributed by atoms with Gasteiger partial charge in [0.2, 0.25) is 0 Å². The van der Waals surface area contributed by atoms with E-state index in [1.807, 2.05) is 44.2 Å². The number of hydrogen-bond donors (Lipinski definition) is 1. The number of aliphatic hydroxyl groups excluding tert-OH is 1. The third kappa shape index (κ3) is 2.79. The molecule has 1 saturated heterocycles. The molecule has 0 bridgehead atoms. The maximum absolute atomic E-state index is 12.3. The van der Waals surface area contributed by atoms with Crippen molar-refractivity contribution in [1.82, 2.24) is 4.90 Å². The zero-order valence-electron chi connectivity index (χ0n) is 11.0. The molecule has 3 heteroatoms. The Labute approximate surface area is 108 Å². The van der Waals surface area contributed by atoms with Gasteiger partial charge in [0, 0.05) is 18.7 Å². The number of carbonyl (C=O) groups is 1.